The number of aryl methyl sites for hydroxylation is 2. The fraction of sp³-hybridized carbons (Fsp3) is 0.393. The molecule has 40 heavy (non-hydrogen) atoms. The van der Waals surface area contributed by atoms with Crippen LogP contribution in [0.3, 0.4) is 0 Å². The maximum absolute atomic E-state index is 12.8. The average Bonchev–Trinajstić information content (AvgIpc) is 3.35. The third-order valence-electron chi connectivity index (χ3n) is 6.68. The first-order chi connectivity index (χ1) is 19.1. The molecule has 12 heteroatoms. The Labute approximate surface area is 229 Å². The lowest BCUT2D eigenvalue weighted by molar-refractivity contribution is -0.197. The zero-order valence-electron chi connectivity index (χ0n) is 22.6. The van der Waals surface area contributed by atoms with E-state index < -0.39 is 53.4 Å². The van der Waals surface area contributed by atoms with Crippen molar-refractivity contribution in [2.45, 2.75) is 45.3 Å². The van der Waals surface area contributed by atoms with Crippen molar-refractivity contribution in [2.24, 2.45) is 0 Å². The highest BCUT2D eigenvalue weighted by atomic mass is 16.6. The van der Waals surface area contributed by atoms with Gasteiger partial charge in [-0.15, -0.1) is 6.58 Å². The Morgan fingerprint density at radius 3 is 2.60 bits per heavy atom. The van der Waals surface area contributed by atoms with Crippen LogP contribution in [0.4, 0.5) is 0 Å². The number of hydrogen-bond donors (Lipinski definition) is 3. The van der Waals surface area contributed by atoms with Crippen molar-refractivity contribution in [3.05, 3.63) is 69.9 Å². The first kappa shape index (κ1) is 28.9. The second kappa shape index (κ2) is 11.9. The van der Waals surface area contributed by atoms with Crippen LogP contribution in [0, 0.1) is 13.8 Å². The number of benzene rings is 1. The van der Waals surface area contributed by atoms with E-state index in [0.717, 1.165) is 5.69 Å². The number of fused-ring (bicyclic) bond motifs is 1. The van der Waals surface area contributed by atoms with E-state index in [0.29, 0.717) is 12.1 Å². The molecule has 4 rings (SSSR count). The van der Waals surface area contributed by atoms with Gasteiger partial charge >= 0.3 is 17.6 Å². The van der Waals surface area contributed by atoms with Gasteiger partial charge in [-0.3, -0.25) is 4.90 Å². The van der Waals surface area contributed by atoms with Crippen LogP contribution in [-0.4, -0.2) is 83.4 Å². The third-order valence-corrected chi connectivity index (χ3v) is 6.68. The highest BCUT2D eigenvalue weighted by Crippen LogP contribution is 2.35. The molecule has 0 radical (unpaired) electrons. The number of likely N-dealkylation sites (tertiary alicyclic amines) is 1. The molecule has 3 heterocycles. The van der Waals surface area contributed by atoms with Gasteiger partial charge in [-0.05, 0) is 45.0 Å². The number of ether oxygens (including phenoxy) is 4. The molecular formula is C28H32N2O10. The minimum Gasteiger partial charge on any atom is -0.506 e. The largest absolute Gasteiger partial charge is 0.506 e. The summed E-state index contributed by atoms with van der Waals surface area (Å²) in [6, 6.07) is 6.26. The predicted molar refractivity (Wildman–Crippen MR) is 143 cm³/mol. The second-order valence-corrected chi connectivity index (χ2v) is 9.34. The van der Waals surface area contributed by atoms with Gasteiger partial charge in [0.25, 0.3) is 0 Å². The molecular weight excluding hydrogens is 524 g/mol. The van der Waals surface area contributed by atoms with E-state index in [1.165, 1.54) is 19.2 Å². The molecule has 0 bridgehead atoms. The second-order valence-electron chi connectivity index (χ2n) is 9.34. The maximum Gasteiger partial charge on any atom is 0.355 e. The van der Waals surface area contributed by atoms with E-state index in [4.69, 9.17) is 23.4 Å². The summed E-state index contributed by atoms with van der Waals surface area (Å²) < 4.78 is 27.7. The highest BCUT2D eigenvalue weighted by Gasteiger charge is 2.47. The average molecular weight is 557 g/mol. The van der Waals surface area contributed by atoms with Gasteiger partial charge in [-0.25, -0.2) is 14.4 Å². The summed E-state index contributed by atoms with van der Waals surface area (Å²) in [5.41, 5.74) is -0.327. The number of hydrogen-bond acceptors (Lipinski definition) is 11. The SMILES string of the molecule is C=CCN1C[C@@H](Oc2ccc3c(O)c(C(=O)OCC)c(=O)oc3c2C)[C@H](O)[C@H](OC(=O)c2ccc(C)[nH]2)[C@H]1OC. The Balaban J connectivity index is 1.67. The molecule has 0 unspecified atom stereocenters. The molecule has 3 N–H and O–H groups in total. The predicted octanol–water partition coefficient (Wildman–Crippen LogP) is 2.43. The molecule has 4 atom stereocenters. The molecule has 214 valence electrons. The van der Waals surface area contributed by atoms with Gasteiger partial charge in [0, 0.05) is 31.5 Å². The quantitative estimate of drug-likeness (QED) is 0.202. The Bertz CT molecular complexity index is 1480. The van der Waals surface area contributed by atoms with Crippen LogP contribution in [0.25, 0.3) is 11.0 Å². The van der Waals surface area contributed by atoms with Crippen molar-refractivity contribution >= 4 is 22.9 Å². The minimum absolute atomic E-state index is 0.00107. The Morgan fingerprint density at radius 1 is 1.23 bits per heavy atom. The number of aromatic nitrogens is 1. The summed E-state index contributed by atoms with van der Waals surface area (Å²) >= 11 is 0. The molecule has 1 aliphatic heterocycles. The summed E-state index contributed by atoms with van der Waals surface area (Å²) in [5.74, 6) is -2.00. The van der Waals surface area contributed by atoms with Crippen LogP contribution in [0.1, 0.15) is 39.0 Å². The summed E-state index contributed by atoms with van der Waals surface area (Å²) in [4.78, 5) is 42.3. The molecule has 1 aliphatic rings. The van der Waals surface area contributed by atoms with Crippen LogP contribution in [0.5, 0.6) is 11.5 Å². The van der Waals surface area contributed by atoms with E-state index in [-0.39, 0.29) is 35.6 Å². The van der Waals surface area contributed by atoms with Gasteiger partial charge < -0.3 is 38.6 Å². The number of esters is 2. The monoisotopic (exact) mass is 556 g/mol. The lowest BCUT2D eigenvalue weighted by Gasteiger charge is -2.45. The lowest BCUT2D eigenvalue weighted by Crippen LogP contribution is -2.64. The number of rotatable bonds is 9. The molecule has 1 aromatic carbocycles. The summed E-state index contributed by atoms with van der Waals surface area (Å²) in [6.45, 7) is 9.28. The van der Waals surface area contributed by atoms with Gasteiger partial charge in [-0.2, -0.15) is 0 Å². The first-order valence-corrected chi connectivity index (χ1v) is 12.7. The zero-order valence-corrected chi connectivity index (χ0v) is 22.6. The Morgan fingerprint density at radius 2 is 1.98 bits per heavy atom. The van der Waals surface area contributed by atoms with Crippen LogP contribution in [-0.2, 0) is 14.2 Å². The normalized spacial score (nSPS) is 21.2. The number of aliphatic hydroxyl groups excluding tert-OH is 1. The van der Waals surface area contributed by atoms with E-state index >= 15 is 0 Å². The van der Waals surface area contributed by atoms with Crippen molar-refractivity contribution in [1.29, 1.82) is 0 Å². The summed E-state index contributed by atoms with van der Waals surface area (Å²) in [5, 5.41) is 22.1. The van der Waals surface area contributed by atoms with Crippen LogP contribution >= 0.6 is 0 Å². The van der Waals surface area contributed by atoms with Crippen molar-refractivity contribution in [1.82, 2.24) is 9.88 Å². The van der Waals surface area contributed by atoms with Gasteiger partial charge in [-0.1, -0.05) is 6.08 Å². The van der Waals surface area contributed by atoms with E-state index in [9.17, 15) is 24.6 Å². The highest BCUT2D eigenvalue weighted by molar-refractivity contribution is 5.99. The number of aliphatic hydroxyl groups is 1. The number of H-pyrrole nitrogens is 1. The molecule has 2 aromatic heterocycles. The van der Waals surface area contributed by atoms with Crippen LogP contribution in [0.15, 0.2) is 46.1 Å². The standard InChI is InChI=1S/C28H32N2O10/c1-6-12-30-13-19(22(32)24(25(30)36-5)40-26(33)17-10-8-14(3)29-17)38-18-11-9-16-21(31)20(27(34)37-7-2)28(35)39-23(16)15(18)4/h6,8-11,19,22,24-25,29,31-32H,1,7,12-13H2,2-5H3/t19-,22+,24+,25-/m1/s1. The number of carbonyl (C=O) groups excluding carboxylic acids is 2. The first-order valence-electron chi connectivity index (χ1n) is 12.7. The smallest absolute Gasteiger partial charge is 0.355 e. The van der Waals surface area contributed by atoms with E-state index in [1.54, 1.807) is 43.9 Å². The number of nitrogens with one attached hydrogen (secondary N) is 1. The van der Waals surface area contributed by atoms with Crippen molar-refractivity contribution in [2.75, 3.05) is 26.8 Å². The summed E-state index contributed by atoms with van der Waals surface area (Å²) in [7, 11) is 1.45. The van der Waals surface area contributed by atoms with E-state index in [1.807, 2.05) is 0 Å². The fourth-order valence-electron chi connectivity index (χ4n) is 4.74. The Hall–Kier alpha value is -4.13. The van der Waals surface area contributed by atoms with Crippen molar-refractivity contribution < 1.29 is 43.2 Å². The van der Waals surface area contributed by atoms with Crippen LogP contribution in [0.2, 0.25) is 0 Å². The van der Waals surface area contributed by atoms with Gasteiger partial charge in [0.2, 0.25) is 0 Å². The molecule has 12 nitrogen and oxygen atoms in total. The van der Waals surface area contributed by atoms with Crippen LogP contribution < -0.4 is 10.4 Å². The molecule has 1 saturated heterocycles. The molecule has 0 saturated carbocycles. The maximum atomic E-state index is 12.8. The lowest BCUT2D eigenvalue weighted by atomic mass is 9.99. The molecule has 3 aromatic rings. The number of piperidine rings is 1. The van der Waals surface area contributed by atoms with Crippen molar-refractivity contribution in [3.8, 4) is 11.5 Å². The summed E-state index contributed by atoms with van der Waals surface area (Å²) in [6.07, 6.45) is -2.50. The number of methoxy groups -OCH3 is 1. The molecule has 1 fully saturated rings. The number of aromatic hydroxyl groups is 1. The van der Waals surface area contributed by atoms with Gasteiger partial charge in [0.15, 0.2) is 17.9 Å². The molecule has 0 spiro atoms. The molecule has 0 amide bonds. The van der Waals surface area contributed by atoms with Crippen molar-refractivity contribution in [3.63, 3.8) is 0 Å². The Kier molecular flexibility index (Phi) is 8.62. The van der Waals surface area contributed by atoms with Gasteiger partial charge in [0.1, 0.15) is 35.0 Å². The fourth-order valence-corrected chi connectivity index (χ4v) is 4.74. The minimum atomic E-state index is -1.31. The topological polar surface area (TPSA) is 161 Å². The number of carbonyl (C=O) groups is 2. The zero-order chi connectivity index (χ0) is 29.1. The number of nitrogens with zero attached hydrogens (tertiary/aromatic N) is 1. The number of aromatic amines is 1. The third kappa shape index (κ3) is 5.46. The van der Waals surface area contributed by atoms with E-state index in [2.05, 4.69) is 11.6 Å². The molecule has 0 aliphatic carbocycles. The van der Waals surface area contributed by atoms with Gasteiger partial charge in [0.05, 0.1) is 12.0 Å².